The summed E-state index contributed by atoms with van der Waals surface area (Å²) < 4.78 is 0. The Morgan fingerprint density at radius 2 is 2.15 bits per heavy atom. The number of H-pyrrole nitrogens is 1. The van der Waals surface area contributed by atoms with E-state index in [0.717, 1.165) is 30.8 Å². The van der Waals surface area contributed by atoms with Crippen molar-refractivity contribution in [1.29, 1.82) is 0 Å². The Hall–Kier alpha value is -1.85. The summed E-state index contributed by atoms with van der Waals surface area (Å²) in [5, 5.41) is 6.70. The van der Waals surface area contributed by atoms with Crippen LogP contribution in [0.4, 0.5) is 11.8 Å². The molecular formula is C14H22N6. The first kappa shape index (κ1) is 13.1. The maximum Gasteiger partial charge on any atom is 0.226 e. The van der Waals surface area contributed by atoms with Crippen LogP contribution < -0.4 is 10.6 Å². The Balaban J connectivity index is 1.81. The Morgan fingerprint density at radius 3 is 2.85 bits per heavy atom. The number of nitrogens with zero attached hydrogens (tertiary/aromatic N) is 3. The average Bonchev–Trinajstić information content (AvgIpc) is 2.88. The molecule has 108 valence electrons. The second-order valence-corrected chi connectivity index (χ2v) is 5.94. The number of imidazole rings is 1. The number of hydrogen-bond donors (Lipinski definition) is 3. The molecule has 0 aliphatic heterocycles. The molecule has 6 heteroatoms. The lowest BCUT2D eigenvalue weighted by Crippen LogP contribution is -2.33. The summed E-state index contributed by atoms with van der Waals surface area (Å²) in [5.74, 6) is 1.49. The molecule has 2 heterocycles. The second-order valence-electron chi connectivity index (χ2n) is 5.94. The zero-order valence-corrected chi connectivity index (χ0v) is 12.2. The highest BCUT2D eigenvalue weighted by Crippen LogP contribution is 2.40. The first-order valence-electron chi connectivity index (χ1n) is 7.39. The number of anilines is 2. The molecule has 2 aromatic heterocycles. The van der Waals surface area contributed by atoms with Gasteiger partial charge in [-0.15, -0.1) is 0 Å². The summed E-state index contributed by atoms with van der Waals surface area (Å²) in [6.45, 7) is 6.26. The van der Waals surface area contributed by atoms with Crippen LogP contribution in [0.15, 0.2) is 6.33 Å². The lowest BCUT2D eigenvalue weighted by molar-refractivity contribution is 0.180. The van der Waals surface area contributed by atoms with Crippen LogP contribution in [-0.2, 0) is 0 Å². The molecule has 0 atom stereocenters. The van der Waals surface area contributed by atoms with Gasteiger partial charge in [-0.05, 0) is 24.7 Å². The molecule has 1 aliphatic rings. The zero-order chi connectivity index (χ0) is 14.0. The number of nitrogens with one attached hydrogen (secondary N) is 3. The molecule has 0 bridgehead atoms. The number of fused-ring (bicyclic) bond motifs is 1. The van der Waals surface area contributed by atoms with Crippen molar-refractivity contribution in [3.63, 3.8) is 0 Å². The van der Waals surface area contributed by atoms with Gasteiger partial charge in [-0.25, -0.2) is 4.98 Å². The molecule has 0 radical (unpaired) electrons. The first-order valence-corrected chi connectivity index (χ1v) is 7.39. The molecule has 1 fully saturated rings. The average molecular weight is 274 g/mol. The molecule has 0 spiro atoms. The monoisotopic (exact) mass is 274 g/mol. The molecular weight excluding hydrogens is 252 g/mol. The maximum atomic E-state index is 4.57. The molecule has 0 amide bonds. The molecule has 0 unspecified atom stereocenters. The number of aromatic nitrogens is 4. The third-order valence-corrected chi connectivity index (χ3v) is 4.06. The van der Waals surface area contributed by atoms with Gasteiger partial charge >= 0.3 is 0 Å². The van der Waals surface area contributed by atoms with E-state index in [0.29, 0.717) is 17.0 Å². The quantitative estimate of drug-likeness (QED) is 0.755. The van der Waals surface area contributed by atoms with Crippen molar-refractivity contribution >= 4 is 22.9 Å². The van der Waals surface area contributed by atoms with Crippen molar-refractivity contribution in [3.8, 4) is 0 Å². The van der Waals surface area contributed by atoms with Crippen molar-refractivity contribution in [1.82, 2.24) is 19.9 Å². The maximum absolute atomic E-state index is 4.57. The van der Waals surface area contributed by atoms with Crippen molar-refractivity contribution in [2.75, 3.05) is 23.7 Å². The van der Waals surface area contributed by atoms with Gasteiger partial charge in [0.15, 0.2) is 11.5 Å². The van der Waals surface area contributed by atoms with Gasteiger partial charge in [0, 0.05) is 13.1 Å². The molecule has 0 saturated heterocycles. The lowest BCUT2D eigenvalue weighted by Gasteiger charge is -2.38. The molecule has 3 N–H and O–H groups in total. The molecule has 0 aromatic carbocycles. The largest absolute Gasteiger partial charge is 0.368 e. The standard InChI is InChI=1S/C14H22N6/c1-3-7-15-13-19-11(10-12(20-13)18-9-17-10)16-8-14(2)5-4-6-14/h9H,3-8H2,1-2H3,(H3,15,16,17,18,19,20). The van der Waals surface area contributed by atoms with Crippen LogP contribution in [0.1, 0.15) is 39.5 Å². The van der Waals surface area contributed by atoms with Crippen LogP contribution in [0.5, 0.6) is 0 Å². The molecule has 6 nitrogen and oxygen atoms in total. The smallest absolute Gasteiger partial charge is 0.226 e. The third-order valence-electron chi connectivity index (χ3n) is 4.06. The van der Waals surface area contributed by atoms with Crippen molar-refractivity contribution in [2.45, 2.75) is 39.5 Å². The van der Waals surface area contributed by atoms with Crippen molar-refractivity contribution in [3.05, 3.63) is 6.33 Å². The Kier molecular flexibility index (Phi) is 3.46. The fourth-order valence-electron chi connectivity index (χ4n) is 2.53. The second kappa shape index (κ2) is 5.26. The van der Waals surface area contributed by atoms with E-state index in [9.17, 15) is 0 Å². The summed E-state index contributed by atoms with van der Waals surface area (Å²) in [6.07, 6.45) is 6.63. The molecule has 20 heavy (non-hydrogen) atoms. The molecule has 1 aliphatic carbocycles. The van der Waals surface area contributed by atoms with Gasteiger partial charge in [0.1, 0.15) is 5.52 Å². The topological polar surface area (TPSA) is 78.5 Å². The van der Waals surface area contributed by atoms with E-state index in [4.69, 9.17) is 0 Å². The van der Waals surface area contributed by atoms with Gasteiger partial charge in [0.25, 0.3) is 0 Å². The van der Waals surface area contributed by atoms with E-state index < -0.39 is 0 Å². The summed E-state index contributed by atoms with van der Waals surface area (Å²) >= 11 is 0. The van der Waals surface area contributed by atoms with Crippen LogP contribution >= 0.6 is 0 Å². The van der Waals surface area contributed by atoms with Crippen LogP contribution in [0.25, 0.3) is 11.2 Å². The normalized spacial score (nSPS) is 16.9. The summed E-state index contributed by atoms with van der Waals surface area (Å²) in [4.78, 5) is 16.3. The van der Waals surface area contributed by atoms with Crippen LogP contribution in [0.2, 0.25) is 0 Å². The molecule has 1 saturated carbocycles. The predicted molar refractivity (Wildman–Crippen MR) is 80.9 cm³/mol. The minimum atomic E-state index is 0.411. The third kappa shape index (κ3) is 2.55. The lowest BCUT2D eigenvalue weighted by atomic mass is 9.70. The highest BCUT2D eigenvalue weighted by Gasteiger charge is 2.31. The van der Waals surface area contributed by atoms with Crippen LogP contribution in [0, 0.1) is 5.41 Å². The highest BCUT2D eigenvalue weighted by molar-refractivity contribution is 5.83. The van der Waals surface area contributed by atoms with Gasteiger partial charge in [0.05, 0.1) is 6.33 Å². The van der Waals surface area contributed by atoms with Crippen molar-refractivity contribution in [2.24, 2.45) is 5.41 Å². The van der Waals surface area contributed by atoms with E-state index in [1.165, 1.54) is 19.3 Å². The minimum Gasteiger partial charge on any atom is -0.368 e. The highest BCUT2D eigenvalue weighted by atomic mass is 15.2. The number of rotatable bonds is 6. The minimum absolute atomic E-state index is 0.411. The van der Waals surface area contributed by atoms with E-state index in [-0.39, 0.29) is 0 Å². The van der Waals surface area contributed by atoms with Crippen LogP contribution in [0.3, 0.4) is 0 Å². The first-order chi connectivity index (χ1) is 9.70. The van der Waals surface area contributed by atoms with Crippen molar-refractivity contribution < 1.29 is 0 Å². The van der Waals surface area contributed by atoms with Gasteiger partial charge in [-0.3, -0.25) is 0 Å². The van der Waals surface area contributed by atoms with E-state index >= 15 is 0 Å². The van der Waals surface area contributed by atoms with E-state index in [1.807, 2.05) is 0 Å². The Labute approximate surface area is 118 Å². The zero-order valence-electron chi connectivity index (χ0n) is 12.2. The summed E-state index contributed by atoms with van der Waals surface area (Å²) in [7, 11) is 0. The fourth-order valence-corrected chi connectivity index (χ4v) is 2.53. The van der Waals surface area contributed by atoms with Gasteiger partial charge in [-0.1, -0.05) is 20.3 Å². The predicted octanol–water partition coefficient (Wildman–Crippen LogP) is 2.78. The SMILES string of the molecule is CCCNc1nc(NCC2(C)CCC2)c2[nH]cnc2n1. The summed E-state index contributed by atoms with van der Waals surface area (Å²) in [6, 6.07) is 0. The van der Waals surface area contributed by atoms with Gasteiger partial charge in [0.2, 0.25) is 5.95 Å². The van der Waals surface area contributed by atoms with Gasteiger partial charge < -0.3 is 15.6 Å². The molecule has 2 aromatic rings. The van der Waals surface area contributed by atoms with Gasteiger partial charge in [-0.2, -0.15) is 9.97 Å². The summed E-state index contributed by atoms with van der Waals surface area (Å²) in [5.41, 5.74) is 2.00. The van der Waals surface area contributed by atoms with E-state index in [1.54, 1.807) is 6.33 Å². The Bertz CT molecular complexity index is 586. The van der Waals surface area contributed by atoms with Crippen LogP contribution in [-0.4, -0.2) is 33.0 Å². The molecule has 3 rings (SSSR count). The number of aromatic amines is 1. The Morgan fingerprint density at radius 1 is 1.30 bits per heavy atom. The number of hydrogen-bond acceptors (Lipinski definition) is 5. The fraction of sp³-hybridized carbons (Fsp3) is 0.643. The van der Waals surface area contributed by atoms with E-state index in [2.05, 4.69) is 44.4 Å².